The molecule has 0 aliphatic rings. The Labute approximate surface area is 74.8 Å². The lowest BCUT2D eigenvalue weighted by molar-refractivity contribution is 0.240. The molecule has 0 aliphatic carbocycles. The van der Waals surface area contributed by atoms with Gasteiger partial charge in [0.1, 0.15) is 0 Å². The standard InChI is InChI=1S/C10H17NO/c1-2-3-9-12-10-7-5-4-6-8-11/h3,9H,2,4-7,10H2,1H3/b9-3-. The third-order valence-corrected chi connectivity index (χ3v) is 1.48. The summed E-state index contributed by atoms with van der Waals surface area (Å²) >= 11 is 0. The molecule has 12 heavy (non-hydrogen) atoms. The highest BCUT2D eigenvalue weighted by Crippen LogP contribution is 1.98. The fourth-order valence-electron chi connectivity index (χ4n) is 0.799. The third-order valence-electron chi connectivity index (χ3n) is 1.48. The second kappa shape index (κ2) is 10.0. The normalized spacial score (nSPS) is 10.0. The number of rotatable bonds is 7. The molecule has 0 aromatic carbocycles. The average molecular weight is 167 g/mol. The van der Waals surface area contributed by atoms with Gasteiger partial charge in [-0.25, -0.2) is 0 Å². The first-order valence-corrected chi connectivity index (χ1v) is 4.55. The van der Waals surface area contributed by atoms with Gasteiger partial charge in [-0.3, -0.25) is 0 Å². The molecule has 0 aliphatic heterocycles. The maximum atomic E-state index is 8.25. The van der Waals surface area contributed by atoms with Crippen molar-refractivity contribution in [3.05, 3.63) is 12.3 Å². The Hall–Kier alpha value is -0.970. The SMILES string of the molecule is CC/C=C\OCCCCCC#N. The fraction of sp³-hybridized carbons (Fsp3) is 0.700. The number of unbranched alkanes of at least 4 members (excludes halogenated alkanes) is 3. The second-order valence-corrected chi connectivity index (χ2v) is 2.62. The van der Waals surface area contributed by atoms with Gasteiger partial charge in [-0.1, -0.05) is 13.0 Å². The molecule has 0 bridgehead atoms. The molecular formula is C10H17NO. The van der Waals surface area contributed by atoms with Crippen LogP contribution in [0, 0.1) is 11.3 Å². The van der Waals surface area contributed by atoms with E-state index in [1.54, 1.807) is 6.26 Å². The largest absolute Gasteiger partial charge is 0.502 e. The summed E-state index contributed by atoms with van der Waals surface area (Å²) in [6, 6.07) is 2.12. The quantitative estimate of drug-likeness (QED) is 0.431. The maximum absolute atomic E-state index is 8.25. The van der Waals surface area contributed by atoms with Crippen LogP contribution in [-0.4, -0.2) is 6.61 Å². The molecule has 68 valence electrons. The smallest absolute Gasteiger partial charge is 0.0873 e. The molecule has 0 aromatic heterocycles. The molecular weight excluding hydrogens is 150 g/mol. The molecule has 0 aromatic rings. The molecule has 0 rings (SSSR count). The van der Waals surface area contributed by atoms with Crippen LogP contribution in [0.15, 0.2) is 12.3 Å². The van der Waals surface area contributed by atoms with Gasteiger partial charge >= 0.3 is 0 Å². The Balaban J connectivity index is 2.92. The van der Waals surface area contributed by atoms with Crippen molar-refractivity contribution < 1.29 is 4.74 Å². The van der Waals surface area contributed by atoms with Crippen molar-refractivity contribution in [2.45, 2.75) is 39.0 Å². The topological polar surface area (TPSA) is 33.0 Å². The lowest BCUT2D eigenvalue weighted by atomic mass is 10.2. The minimum atomic E-state index is 0.671. The van der Waals surface area contributed by atoms with E-state index < -0.39 is 0 Å². The molecule has 0 radical (unpaired) electrons. The molecule has 0 unspecified atom stereocenters. The van der Waals surface area contributed by atoms with Gasteiger partial charge in [0.2, 0.25) is 0 Å². The molecule has 0 saturated carbocycles. The summed E-state index contributed by atoms with van der Waals surface area (Å²) in [5.74, 6) is 0. The molecule has 0 amide bonds. The van der Waals surface area contributed by atoms with Crippen molar-refractivity contribution in [1.82, 2.24) is 0 Å². The van der Waals surface area contributed by atoms with Crippen LogP contribution in [0.1, 0.15) is 39.0 Å². The number of nitrogens with zero attached hydrogens (tertiary/aromatic N) is 1. The van der Waals surface area contributed by atoms with Gasteiger partial charge in [0.05, 0.1) is 18.9 Å². The lowest BCUT2D eigenvalue weighted by Gasteiger charge is -1.98. The summed E-state index contributed by atoms with van der Waals surface area (Å²) in [6.07, 6.45) is 8.58. The first-order chi connectivity index (χ1) is 5.91. The Morgan fingerprint density at radius 3 is 2.83 bits per heavy atom. The summed E-state index contributed by atoms with van der Waals surface area (Å²) in [4.78, 5) is 0. The van der Waals surface area contributed by atoms with E-state index in [1.165, 1.54) is 0 Å². The monoisotopic (exact) mass is 167 g/mol. The van der Waals surface area contributed by atoms with Crippen LogP contribution in [0.25, 0.3) is 0 Å². The van der Waals surface area contributed by atoms with Crippen LogP contribution in [0.2, 0.25) is 0 Å². The molecule has 2 nitrogen and oxygen atoms in total. The van der Waals surface area contributed by atoms with E-state index in [2.05, 4.69) is 13.0 Å². The minimum absolute atomic E-state index is 0.671. The van der Waals surface area contributed by atoms with Gasteiger partial charge < -0.3 is 4.74 Å². The van der Waals surface area contributed by atoms with Crippen LogP contribution in [0.3, 0.4) is 0 Å². The second-order valence-electron chi connectivity index (χ2n) is 2.62. The van der Waals surface area contributed by atoms with Crippen LogP contribution in [0.4, 0.5) is 0 Å². The predicted molar refractivity (Wildman–Crippen MR) is 49.5 cm³/mol. The lowest BCUT2D eigenvalue weighted by Crippen LogP contribution is -1.87. The molecule has 0 spiro atoms. The van der Waals surface area contributed by atoms with Gasteiger partial charge in [-0.2, -0.15) is 5.26 Å². The molecule has 0 heterocycles. The third kappa shape index (κ3) is 9.03. The van der Waals surface area contributed by atoms with Gasteiger partial charge in [0.15, 0.2) is 0 Å². The Morgan fingerprint density at radius 1 is 1.33 bits per heavy atom. The van der Waals surface area contributed by atoms with Crippen molar-refractivity contribution in [2.24, 2.45) is 0 Å². The van der Waals surface area contributed by atoms with E-state index in [9.17, 15) is 0 Å². The number of allylic oxidation sites excluding steroid dienone is 1. The highest BCUT2D eigenvalue weighted by molar-refractivity contribution is 4.70. The van der Waals surface area contributed by atoms with E-state index in [0.29, 0.717) is 6.42 Å². The molecule has 2 heteroatoms. The van der Waals surface area contributed by atoms with E-state index >= 15 is 0 Å². The van der Waals surface area contributed by atoms with Crippen molar-refractivity contribution >= 4 is 0 Å². The Bertz CT molecular complexity index is 146. The van der Waals surface area contributed by atoms with Crippen LogP contribution in [0.5, 0.6) is 0 Å². The summed E-state index contributed by atoms with van der Waals surface area (Å²) in [5, 5.41) is 8.25. The van der Waals surface area contributed by atoms with Crippen LogP contribution < -0.4 is 0 Å². The van der Waals surface area contributed by atoms with E-state index in [1.807, 2.05) is 6.08 Å². The molecule has 0 saturated heterocycles. The van der Waals surface area contributed by atoms with E-state index in [4.69, 9.17) is 10.00 Å². The first-order valence-electron chi connectivity index (χ1n) is 4.55. The van der Waals surface area contributed by atoms with Crippen molar-refractivity contribution in [3.63, 3.8) is 0 Å². The number of nitriles is 1. The van der Waals surface area contributed by atoms with Crippen LogP contribution >= 0.6 is 0 Å². The fourth-order valence-corrected chi connectivity index (χ4v) is 0.799. The summed E-state index contributed by atoms with van der Waals surface area (Å²) in [7, 11) is 0. The van der Waals surface area contributed by atoms with Gasteiger partial charge in [0.25, 0.3) is 0 Å². The first kappa shape index (κ1) is 11.0. The number of hydrogen-bond donors (Lipinski definition) is 0. The van der Waals surface area contributed by atoms with Crippen molar-refractivity contribution in [3.8, 4) is 6.07 Å². The van der Waals surface area contributed by atoms with Gasteiger partial charge in [-0.05, 0) is 25.7 Å². The predicted octanol–water partition coefficient (Wildman–Crippen LogP) is 3.01. The summed E-state index contributed by atoms with van der Waals surface area (Å²) in [5.41, 5.74) is 0. The van der Waals surface area contributed by atoms with E-state index in [0.717, 1.165) is 32.3 Å². The zero-order valence-corrected chi connectivity index (χ0v) is 7.75. The molecule has 0 fully saturated rings. The highest BCUT2D eigenvalue weighted by atomic mass is 16.5. The Kier molecular flexibility index (Phi) is 9.22. The highest BCUT2D eigenvalue weighted by Gasteiger charge is 1.87. The number of hydrogen-bond acceptors (Lipinski definition) is 2. The Morgan fingerprint density at radius 2 is 2.17 bits per heavy atom. The summed E-state index contributed by atoms with van der Waals surface area (Å²) in [6.45, 7) is 2.86. The van der Waals surface area contributed by atoms with Crippen molar-refractivity contribution in [2.75, 3.05) is 6.61 Å². The van der Waals surface area contributed by atoms with E-state index in [-0.39, 0.29) is 0 Å². The van der Waals surface area contributed by atoms with Gasteiger partial charge in [0, 0.05) is 6.42 Å². The minimum Gasteiger partial charge on any atom is -0.502 e. The summed E-state index contributed by atoms with van der Waals surface area (Å²) < 4.78 is 5.19. The maximum Gasteiger partial charge on any atom is 0.0873 e. The van der Waals surface area contributed by atoms with Crippen molar-refractivity contribution in [1.29, 1.82) is 5.26 Å². The van der Waals surface area contributed by atoms with Crippen LogP contribution in [-0.2, 0) is 4.74 Å². The zero-order valence-electron chi connectivity index (χ0n) is 7.75. The zero-order chi connectivity index (χ0) is 9.07. The van der Waals surface area contributed by atoms with Gasteiger partial charge in [-0.15, -0.1) is 0 Å². The molecule has 0 N–H and O–H groups in total. The average Bonchev–Trinajstić information content (AvgIpc) is 2.10. The molecule has 0 atom stereocenters. The number of ether oxygens (including phenoxy) is 1.